The number of amides is 1. The second-order valence-corrected chi connectivity index (χ2v) is 6.35. The highest BCUT2D eigenvalue weighted by Gasteiger charge is 2.20. The standard InChI is InChI=1S/C15H21BrN2O2/c1-10-3-2-4-12(7-10)20-9-15(19)18-14-6-5-11(17)8-13(14)16/h5-6,8,10,12H,2-4,7,9,17H2,1H3,(H,18,19). The first kappa shape index (κ1) is 15.3. The molecule has 5 heteroatoms. The van der Waals surface area contributed by atoms with E-state index in [1.54, 1.807) is 18.2 Å². The molecule has 2 atom stereocenters. The molecule has 0 spiro atoms. The van der Waals surface area contributed by atoms with Crippen LogP contribution >= 0.6 is 15.9 Å². The molecule has 2 unspecified atom stereocenters. The number of hydrogen-bond acceptors (Lipinski definition) is 3. The minimum Gasteiger partial charge on any atom is -0.399 e. The molecule has 1 amide bonds. The lowest BCUT2D eigenvalue weighted by atomic mass is 9.89. The molecular formula is C15H21BrN2O2. The first-order chi connectivity index (χ1) is 9.54. The minimum atomic E-state index is -0.131. The van der Waals surface area contributed by atoms with Crippen LogP contribution in [0.3, 0.4) is 0 Å². The predicted octanol–water partition coefficient (Wildman–Crippen LogP) is 3.57. The van der Waals surface area contributed by atoms with Crippen molar-refractivity contribution in [2.24, 2.45) is 5.92 Å². The number of anilines is 2. The van der Waals surface area contributed by atoms with Gasteiger partial charge in [0.25, 0.3) is 0 Å². The number of nitrogen functional groups attached to an aromatic ring is 1. The zero-order chi connectivity index (χ0) is 14.5. The van der Waals surface area contributed by atoms with Gasteiger partial charge < -0.3 is 15.8 Å². The van der Waals surface area contributed by atoms with Gasteiger partial charge in [-0.1, -0.05) is 19.8 Å². The van der Waals surface area contributed by atoms with Gasteiger partial charge in [0.1, 0.15) is 6.61 Å². The van der Waals surface area contributed by atoms with E-state index in [1.165, 1.54) is 12.8 Å². The Kier molecular flexibility index (Phi) is 5.43. The Morgan fingerprint density at radius 3 is 3.00 bits per heavy atom. The number of nitrogens with two attached hydrogens (primary N) is 1. The summed E-state index contributed by atoms with van der Waals surface area (Å²) < 4.78 is 6.47. The van der Waals surface area contributed by atoms with E-state index in [1.807, 2.05) is 0 Å². The third-order valence-electron chi connectivity index (χ3n) is 3.61. The highest BCUT2D eigenvalue weighted by molar-refractivity contribution is 9.10. The summed E-state index contributed by atoms with van der Waals surface area (Å²) in [6.45, 7) is 2.34. The fourth-order valence-corrected chi connectivity index (χ4v) is 3.04. The summed E-state index contributed by atoms with van der Waals surface area (Å²) in [6.07, 6.45) is 4.79. The Balaban J connectivity index is 1.80. The van der Waals surface area contributed by atoms with Gasteiger partial charge in [0, 0.05) is 10.2 Å². The summed E-state index contributed by atoms with van der Waals surface area (Å²) in [7, 11) is 0. The molecule has 4 nitrogen and oxygen atoms in total. The SMILES string of the molecule is CC1CCCC(OCC(=O)Nc2ccc(N)cc2Br)C1. The van der Waals surface area contributed by atoms with E-state index in [4.69, 9.17) is 10.5 Å². The molecule has 1 aliphatic rings. The third kappa shape index (κ3) is 4.49. The lowest BCUT2D eigenvalue weighted by Gasteiger charge is -2.26. The number of rotatable bonds is 4. The lowest BCUT2D eigenvalue weighted by Crippen LogP contribution is -2.27. The van der Waals surface area contributed by atoms with Crippen LogP contribution in [-0.4, -0.2) is 18.6 Å². The Bertz CT molecular complexity index is 479. The van der Waals surface area contributed by atoms with Crippen molar-refractivity contribution < 1.29 is 9.53 Å². The molecule has 0 aromatic heterocycles. The van der Waals surface area contributed by atoms with Gasteiger partial charge in [-0.3, -0.25) is 4.79 Å². The molecule has 0 saturated heterocycles. The smallest absolute Gasteiger partial charge is 0.250 e. The van der Waals surface area contributed by atoms with Gasteiger partial charge in [0.05, 0.1) is 11.8 Å². The Hall–Kier alpha value is -1.07. The van der Waals surface area contributed by atoms with Gasteiger partial charge in [-0.05, 0) is 52.9 Å². The van der Waals surface area contributed by atoms with Crippen LogP contribution in [0.4, 0.5) is 11.4 Å². The van der Waals surface area contributed by atoms with E-state index < -0.39 is 0 Å². The maximum atomic E-state index is 11.9. The van der Waals surface area contributed by atoms with Gasteiger partial charge in [-0.15, -0.1) is 0 Å². The second-order valence-electron chi connectivity index (χ2n) is 5.49. The van der Waals surface area contributed by atoms with E-state index in [0.717, 1.165) is 17.3 Å². The quantitative estimate of drug-likeness (QED) is 0.823. The van der Waals surface area contributed by atoms with Gasteiger partial charge >= 0.3 is 0 Å². The molecule has 0 heterocycles. The first-order valence-corrected chi connectivity index (χ1v) is 7.80. The van der Waals surface area contributed by atoms with Crippen molar-refractivity contribution in [1.82, 2.24) is 0 Å². The average molecular weight is 341 g/mol. The molecule has 2 rings (SSSR count). The van der Waals surface area contributed by atoms with E-state index >= 15 is 0 Å². The molecule has 0 radical (unpaired) electrons. The molecule has 1 aromatic carbocycles. The van der Waals surface area contributed by atoms with E-state index in [9.17, 15) is 4.79 Å². The monoisotopic (exact) mass is 340 g/mol. The van der Waals surface area contributed by atoms with E-state index in [2.05, 4.69) is 28.2 Å². The Labute approximate surface area is 128 Å². The highest BCUT2D eigenvalue weighted by Crippen LogP contribution is 2.26. The van der Waals surface area contributed by atoms with Crippen LogP contribution in [-0.2, 0) is 9.53 Å². The van der Waals surface area contributed by atoms with Crippen molar-refractivity contribution in [3.05, 3.63) is 22.7 Å². The van der Waals surface area contributed by atoms with Crippen LogP contribution in [0.15, 0.2) is 22.7 Å². The van der Waals surface area contributed by atoms with Crippen molar-refractivity contribution in [3.8, 4) is 0 Å². The summed E-state index contributed by atoms with van der Waals surface area (Å²) in [4.78, 5) is 11.9. The van der Waals surface area contributed by atoms with Crippen molar-refractivity contribution in [1.29, 1.82) is 0 Å². The van der Waals surface area contributed by atoms with Crippen molar-refractivity contribution in [2.45, 2.75) is 38.7 Å². The van der Waals surface area contributed by atoms with Gasteiger partial charge in [-0.25, -0.2) is 0 Å². The van der Waals surface area contributed by atoms with Gasteiger partial charge in [-0.2, -0.15) is 0 Å². The molecule has 1 aromatic rings. The fourth-order valence-electron chi connectivity index (χ4n) is 2.54. The Morgan fingerprint density at radius 1 is 1.50 bits per heavy atom. The Morgan fingerprint density at radius 2 is 2.30 bits per heavy atom. The molecule has 0 bridgehead atoms. The number of nitrogens with one attached hydrogen (secondary N) is 1. The maximum Gasteiger partial charge on any atom is 0.250 e. The predicted molar refractivity (Wildman–Crippen MR) is 84.6 cm³/mol. The van der Waals surface area contributed by atoms with Gasteiger partial charge in [0.2, 0.25) is 5.91 Å². The number of hydrogen-bond donors (Lipinski definition) is 2. The zero-order valence-corrected chi connectivity index (χ0v) is 13.3. The largest absolute Gasteiger partial charge is 0.399 e. The molecule has 1 saturated carbocycles. The molecule has 110 valence electrons. The molecule has 1 aliphatic carbocycles. The van der Waals surface area contributed by atoms with Crippen LogP contribution in [0.25, 0.3) is 0 Å². The molecule has 0 aliphatic heterocycles. The molecule has 3 N–H and O–H groups in total. The van der Waals surface area contributed by atoms with Crippen LogP contribution in [0.1, 0.15) is 32.6 Å². The average Bonchev–Trinajstić information content (AvgIpc) is 2.40. The zero-order valence-electron chi connectivity index (χ0n) is 11.7. The summed E-state index contributed by atoms with van der Waals surface area (Å²) in [5.74, 6) is 0.566. The van der Waals surface area contributed by atoms with Crippen molar-refractivity contribution in [3.63, 3.8) is 0 Å². The summed E-state index contributed by atoms with van der Waals surface area (Å²) >= 11 is 3.38. The van der Waals surface area contributed by atoms with Crippen LogP contribution in [0.5, 0.6) is 0 Å². The fraction of sp³-hybridized carbons (Fsp3) is 0.533. The van der Waals surface area contributed by atoms with Crippen molar-refractivity contribution >= 4 is 33.2 Å². The summed E-state index contributed by atoms with van der Waals surface area (Å²) in [6, 6.07) is 5.29. The number of benzene rings is 1. The number of ether oxygens (including phenoxy) is 1. The van der Waals surface area contributed by atoms with Crippen molar-refractivity contribution in [2.75, 3.05) is 17.7 Å². The first-order valence-electron chi connectivity index (χ1n) is 7.01. The maximum absolute atomic E-state index is 11.9. The second kappa shape index (κ2) is 7.09. The normalized spacial score (nSPS) is 22.5. The van der Waals surface area contributed by atoms with Crippen LogP contribution in [0, 0.1) is 5.92 Å². The van der Waals surface area contributed by atoms with E-state index in [-0.39, 0.29) is 18.6 Å². The minimum absolute atomic E-state index is 0.105. The van der Waals surface area contributed by atoms with Crippen LogP contribution < -0.4 is 11.1 Å². The molecular weight excluding hydrogens is 320 g/mol. The number of carbonyl (C=O) groups is 1. The van der Waals surface area contributed by atoms with Crippen LogP contribution in [0.2, 0.25) is 0 Å². The van der Waals surface area contributed by atoms with Gasteiger partial charge in [0.15, 0.2) is 0 Å². The topological polar surface area (TPSA) is 64.3 Å². The molecule has 1 fully saturated rings. The highest BCUT2D eigenvalue weighted by atomic mass is 79.9. The number of carbonyl (C=O) groups excluding carboxylic acids is 1. The third-order valence-corrected chi connectivity index (χ3v) is 4.26. The number of halogens is 1. The lowest BCUT2D eigenvalue weighted by molar-refractivity contribution is -0.123. The van der Waals surface area contributed by atoms with E-state index in [0.29, 0.717) is 17.3 Å². The summed E-state index contributed by atoms with van der Waals surface area (Å²) in [5.41, 5.74) is 7.03. The summed E-state index contributed by atoms with van der Waals surface area (Å²) in [5, 5.41) is 2.82. The molecule has 20 heavy (non-hydrogen) atoms.